The number of hydrogen-bond donors (Lipinski definition) is 3. The molecule has 4 aromatic rings. The van der Waals surface area contributed by atoms with E-state index in [1.165, 1.54) is 11.6 Å². The highest BCUT2D eigenvalue weighted by molar-refractivity contribution is 6.02. The third-order valence-corrected chi connectivity index (χ3v) is 7.16. The van der Waals surface area contributed by atoms with Crippen LogP contribution in [0.5, 0.6) is 11.5 Å². The van der Waals surface area contributed by atoms with Gasteiger partial charge in [0.05, 0.1) is 17.7 Å². The number of nitrogens with zero attached hydrogens (tertiary/aromatic N) is 2. The van der Waals surface area contributed by atoms with Crippen LogP contribution in [-0.4, -0.2) is 59.5 Å². The second-order valence-electron chi connectivity index (χ2n) is 10.1. The molecule has 8 nitrogen and oxygen atoms in total. The summed E-state index contributed by atoms with van der Waals surface area (Å²) in [6.45, 7) is 9.59. The van der Waals surface area contributed by atoms with Crippen molar-refractivity contribution < 1.29 is 24.3 Å². The molecule has 0 atom stereocenters. The number of hydrogen-bond acceptors (Lipinski definition) is 7. The van der Waals surface area contributed by atoms with Crippen LogP contribution >= 0.6 is 0 Å². The number of aromatic hydroxyl groups is 2. The summed E-state index contributed by atoms with van der Waals surface area (Å²) in [6, 6.07) is 19.2. The molecule has 0 aliphatic heterocycles. The highest BCUT2D eigenvalue weighted by Gasteiger charge is 2.26. The summed E-state index contributed by atoms with van der Waals surface area (Å²) >= 11 is 0. The van der Waals surface area contributed by atoms with Crippen LogP contribution in [0.1, 0.15) is 46.6 Å². The van der Waals surface area contributed by atoms with Crippen LogP contribution < -0.4 is 5.32 Å². The first-order valence-electron chi connectivity index (χ1n) is 14.0. The van der Waals surface area contributed by atoms with Crippen molar-refractivity contribution in [3.8, 4) is 33.9 Å². The third kappa shape index (κ3) is 7.34. The van der Waals surface area contributed by atoms with Crippen LogP contribution in [0.4, 0.5) is 0 Å². The first-order valence-corrected chi connectivity index (χ1v) is 14.0. The monoisotopic (exact) mass is 557 g/mol. The van der Waals surface area contributed by atoms with E-state index < -0.39 is 0 Å². The zero-order valence-corrected chi connectivity index (χ0v) is 24.2. The maximum atomic E-state index is 13.0. The molecule has 3 aromatic carbocycles. The second kappa shape index (κ2) is 14.0. The molecule has 216 valence electrons. The molecule has 0 radical (unpaired) electrons. The Kier molecular flexibility index (Phi) is 10.2. The van der Waals surface area contributed by atoms with Gasteiger partial charge in [-0.25, -0.2) is 0 Å². The molecule has 0 fully saturated rings. The Balaban J connectivity index is 1.70. The highest BCUT2D eigenvalue weighted by atomic mass is 16.5. The third-order valence-electron chi connectivity index (χ3n) is 7.16. The van der Waals surface area contributed by atoms with E-state index in [1.54, 1.807) is 13.2 Å². The Morgan fingerprint density at radius 2 is 1.78 bits per heavy atom. The molecule has 0 saturated heterocycles. The molecule has 0 unspecified atom stereocenters. The summed E-state index contributed by atoms with van der Waals surface area (Å²) in [4.78, 5) is 15.3. The number of likely N-dealkylation sites (N-methyl/N-ethyl adjacent to an activating group) is 1. The Bertz CT molecular complexity index is 1460. The van der Waals surface area contributed by atoms with Gasteiger partial charge in [-0.3, -0.25) is 9.69 Å². The van der Waals surface area contributed by atoms with Gasteiger partial charge >= 0.3 is 0 Å². The normalized spacial score (nSPS) is 11.2. The fourth-order valence-corrected chi connectivity index (χ4v) is 4.90. The van der Waals surface area contributed by atoms with Crippen molar-refractivity contribution in [2.24, 2.45) is 0 Å². The minimum Gasteiger partial charge on any atom is -0.508 e. The molecule has 0 aliphatic carbocycles. The summed E-state index contributed by atoms with van der Waals surface area (Å²) in [5.74, 6) is -0.253. The minimum atomic E-state index is -0.365. The molecule has 0 aliphatic rings. The van der Waals surface area contributed by atoms with Crippen molar-refractivity contribution in [2.75, 3.05) is 33.4 Å². The standard InChI is InChI=1S/C33H39N3O5/c1-5-34-33(39)31-30(25-13-11-24(12-14-25)21-36(6-2)16-17-40-4)32(41-35-31)27-19-26(28(37)20-29(27)38)15-10-23-9-7-8-22(3)18-23/h7-9,11-14,18-20,37-38H,5-6,10,15-17,21H2,1-4H3,(H,34,39). The average Bonchev–Trinajstić information content (AvgIpc) is 3.40. The van der Waals surface area contributed by atoms with Crippen molar-refractivity contribution in [1.82, 2.24) is 15.4 Å². The number of ether oxygens (including phenoxy) is 1. The van der Waals surface area contributed by atoms with Gasteiger partial charge in [0, 0.05) is 32.8 Å². The fraction of sp³-hybridized carbons (Fsp3) is 0.333. The SMILES string of the molecule is CCNC(=O)c1noc(-c2cc(CCc3cccc(C)c3)c(O)cc2O)c1-c1ccc(CN(CC)CCOC)cc1. The maximum absolute atomic E-state index is 13.0. The summed E-state index contributed by atoms with van der Waals surface area (Å²) in [5.41, 5.74) is 5.83. The van der Waals surface area contributed by atoms with Crippen molar-refractivity contribution in [3.05, 3.63) is 88.6 Å². The average molecular weight is 558 g/mol. The van der Waals surface area contributed by atoms with Gasteiger partial charge < -0.3 is 24.8 Å². The first-order chi connectivity index (χ1) is 19.8. The smallest absolute Gasteiger partial charge is 0.274 e. The molecule has 1 amide bonds. The zero-order chi connectivity index (χ0) is 29.4. The molecular formula is C33H39N3O5. The van der Waals surface area contributed by atoms with Crippen LogP contribution in [0.2, 0.25) is 0 Å². The minimum absolute atomic E-state index is 0.00206. The number of methoxy groups -OCH3 is 1. The molecule has 0 saturated carbocycles. The van der Waals surface area contributed by atoms with E-state index in [-0.39, 0.29) is 28.9 Å². The quantitative estimate of drug-likeness (QED) is 0.193. The van der Waals surface area contributed by atoms with Crippen molar-refractivity contribution in [2.45, 2.75) is 40.2 Å². The van der Waals surface area contributed by atoms with E-state index in [2.05, 4.69) is 34.4 Å². The Morgan fingerprint density at radius 3 is 2.46 bits per heavy atom. The molecule has 0 bridgehead atoms. The van der Waals surface area contributed by atoms with E-state index in [4.69, 9.17) is 9.26 Å². The Morgan fingerprint density at radius 1 is 1.00 bits per heavy atom. The number of carbonyl (C=O) groups excluding carboxylic acids is 1. The van der Waals surface area contributed by atoms with E-state index in [0.717, 1.165) is 36.3 Å². The van der Waals surface area contributed by atoms with Crippen LogP contribution in [-0.2, 0) is 24.1 Å². The van der Waals surface area contributed by atoms with Gasteiger partial charge in [0.1, 0.15) is 11.5 Å². The largest absolute Gasteiger partial charge is 0.508 e. The van der Waals surface area contributed by atoms with Crippen molar-refractivity contribution >= 4 is 5.91 Å². The number of amides is 1. The lowest BCUT2D eigenvalue weighted by Crippen LogP contribution is -2.26. The molecule has 0 spiro atoms. The van der Waals surface area contributed by atoms with Gasteiger partial charge in [-0.2, -0.15) is 0 Å². The van der Waals surface area contributed by atoms with Crippen LogP contribution in [0.15, 0.2) is 65.2 Å². The molecule has 1 aromatic heterocycles. The second-order valence-corrected chi connectivity index (χ2v) is 10.1. The zero-order valence-electron chi connectivity index (χ0n) is 24.2. The van der Waals surface area contributed by atoms with Crippen LogP contribution in [0, 0.1) is 6.92 Å². The number of aryl methyl sites for hydroxylation is 3. The van der Waals surface area contributed by atoms with E-state index >= 15 is 0 Å². The number of rotatable bonds is 13. The van der Waals surface area contributed by atoms with Crippen molar-refractivity contribution in [1.29, 1.82) is 0 Å². The molecule has 41 heavy (non-hydrogen) atoms. The molecule has 1 heterocycles. The van der Waals surface area contributed by atoms with Gasteiger partial charge in [-0.15, -0.1) is 0 Å². The summed E-state index contributed by atoms with van der Waals surface area (Å²) < 4.78 is 11.0. The lowest BCUT2D eigenvalue weighted by molar-refractivity contribution is 0.0947. The lowest BCUT2D eigenvalue weighted by atomic mass is 9.95. The van der Waals surface area contributed by atoms with Gasteiger partial charge in [-0.05, 0) is 61.6 Å². The van der Waals surface area contributed by atoms with Crippen LogP contribution in [0.3, 0.4) is 0 Å². The number of carbonyl (C=O) groups is 1. The topological polar surface area (TPSA) is 108 Å². The van der Waals surface area contributed by atoms with Gasteiger partial charge in [0.25, 0.3) is 5.91 Å². The summed E-state index contributed by atoms with van der Waals surface area (Å²) in [6.07, 6.45) is 1.27. The van der Waals surface area contributed by atoms with E-state index in [9.17, 15) is 15.0 Å². The van der Waals surface area contributed by atoms with E-state index in [0.29, 0.717) is 42.7 Å². The number of phenols is 2. The Labute approximate surface area is 241 Å². The number of aromatic nitrogens is 1. The fourth-order valence-electron chi connectivity index (χ4n) is 4.90. The lowest BCUT2D eigenvalue weighted by Gasteiger charge is -2.20. The van der Waals surface area contributed by atoms with Crippen molar-refractivity contribution in [3.63, 3.8) is 0 Å². The highest BCUT2D eigenvalue weighted by Crippen LogP contribution is 2.42. The van der Waals surface area contributed by atoms with Gasteiger partial charge in [0.15, 0.2) is 11.5 Å². The summed E-state index contributed by atoms with van der Waals surface area (Å²) in [5, 5.41) is 28.4. The maximum Gasteiger partial charge on any atom is 0.274 e. The number of phenolic OH excluding ortho intramolecular Hbond substituents is 2. The molecule has 8 heteroatoms. The molecule has 3 N–H and O–H groups in total. The van der Waals surface area contributed by atoms with Crippen LogP contribution in [0.25, 0.3) is 22.5 Å². The summed E-state index contributed by atoms with van der Waals surface area (Å²) in [7, 11) is 1.70. The first kappa shape index (κ1) is 29.8. The van der Waals surface area contributed by atoms with E-state index in [1.807, 2.05) is 50.2 Å². The molecular weight excluding hydrogens is 518 g/mol. The predicted molar refractivity (Wildman–Crippen MR) is 160 cm³/mol. The molecule has 4 rings (SSSR count). The predicted octanol–water partition coefficient (Wildman–Crippen LogP) is 5.73. The van der Waals surface area contributed by atoms with Gasteiger partial charge in [-0.1, -0.05) is 66.2 Å². The van der Waals surface area contributed by atoms with Gasteiger partial charge in [0.2, 0.25) is 0 Å². The number of benzene rings is 3. The Hall–Kier alpha value is -4.14. The number of nitrogens with one attached hydrogen (secondary N) is 1.